The Morgan fingerprint density at radius 3 is 2.68 bits per heavy atom. The number of aliphatic hydroxyl groups is 1. The van der Waals surface area contributed by atoms with Gasteiger partial charge < -0.3 is 5.11 Å². The number of amides is 1. The highest BCUT2D eigenvalue weighted by Crippen LogP contribution is 2.24. The van der Waals surface area contributed by atoms with Crippen molar-refractivity contribution < 1.29 is 19.2 Å². The Balaban J connectivity index is 1.53. The number of rotatable bonds is 4. The van der Waals surface area contributed by atoms with Crippen molar-refractivity contribution in [2.75, 3.05) is 10.7 Å². The summed E-state index contributed by atoms with van der Waals surface area (Å²) in [5, 5.41) is 16.6. The van der Waals surface area contributed by atoms with E-state index in [4.69, 9.17) is 4.52 Å². The Bertz CT molecular complexity index is 499. The van der Waals surface area contributed by atoms with Crippen LogP contribution in [0.25, 0.3) is 0 Å². The summed E-state index contributed by atoms with van der Waals surface area (Å²) >= 11 is 0. The Morgan fingerprint density at radius 2 is 1.91 bits per heavy atom. The summed E-state index contributed by atoms with van der Waals surface area (Å²) in [6.07, 6.45) is 10.5. The largest absolute Gasteiger partial charge is 0.391 e. The molecule has 0 aromatic carbocycles. The molecule has 2 atom stereocenters. The number of carbonyl (C=O) groups is 1. The van der Waals surface area contributed by atoms with E-state index < -0.39 is 0 Å². The third-order valence-electron chi connectivity index (χ3n) is 4.72. The number of hydrogen-bond acceptors (Lipinski definition) is 5. The molecule has 3 rings (SSSR count). The zero-order chi connectivity index (χ0) is 15.4. The fourth-order valence-electron chi connectivity index (χ4n) is 3.38. The molecule has 2 fully saturated rings. The smallest absolute Gasteiger partial charge is 0.305 e. The highest BCUT2D eigenvalue weighted by atomic mass is 16.5. The molecule has 2 saturated carbocycles. The van der Waals surface area contributed by atoms with Crippen molar-refractivity contribution in [1.82, 2.24) is 5.27 Å². The van der Waals surface area contributed by atoms with Crippen LogP contribution < -0.4 is 15.5 Å². The molecule has 0 bridgehead atoms. The van der Waals surface area contributed by atoms with Crippen molar-refractivity contribution >= 4 is 11.8 Å². The standard InChI is InChI=1S/C15H24N4O3/c20-13-9-5-4-8-12(13)17-19-10-14(22-18-19)16-15(21)11-6-2-1-3-7-11/h10-13,20H,1-9H2,(H-,16,17,18,21)/p+1. The van der Waals surface area contributed by atoms with Crippen LogP contribution in [0.15, 0.2) is 10.7 Å². The van der Waals surface area contributed by atoms with Crippen molar-refractivity contribution in [2.45, 2.75) is 69.9 Å². The van der Waals surface area contributed by atoms with Gasteiger partial charge >= 0.3 is 5.88 Å². The predicted octanol–water partition coefficient (Wildman–Crippen LogP) is 1.33. The lowest BCUT2D eigenvalue weighted by atomic mass is 9.89. The second-order valence-electron chi connectivity index (χ2n) is 6.42. The first-order chi connectivity index (χ1) is 10.7. The first-order valence-corrected chi connectivity index (χ1v) is 8.36. The molecule has 1 amide bonds. The second kappa shape index (κ2) is 7.09. The monoisotopic (exact) mass is 309 g/mol. The lowest BCUT2D eigenvalue weighted by molar-refractivity contribution is -0.723. The van der Waals surface area contributed by atoms with Crippen LogP contribution in [0.2, 0.25) is 0 Å². The van der Waals surface area contributed by atoms with Crippen molar-refractivity contribution in [3.63, 3.8) is 0 Å². The SMILES string of the molecule is O=C(Nc1c[n+](NC2CCCCC2O)no1)C1CCCCC1. The van der Waals surface area contributed by atoms with E-state index in [1.165, 1.54) is 11.2 Å². The quantitative estimate of drug-likeness (QED) is 0.730. The van der Waals surface area contributed by atoms with Crippen LogP contribution in [0.5, 0.6) is 0 Å². The first kappa shape index (κ1) is 15.3. The number of aliphatic hydroxyl groups excluding tert-OH is 1. The van der Waals surface area contributed by atoms with Gasteiger partial charge in [-0.3, -0.25) is 14.6 Å². The van der Waals surface area contributed by atoms with Gasteiger partial charge in [-0.1, -0.05) is 32.1 Å². The molecule has 3 N–H and O–H groups in total. The molecule has 2 aliphatic rings. The van der Waals surface area contributed by atoms with Gasteiger partial charge in [0.05, 0.1) is 10.9 Å². The molecule has 0 saturated heterocycles. The van der Waals surface area contributed by atoms with E-state index in [-0.39, 0.29) is 24.0 Å². The number of anilines is 1. The molecule has 7 nitrogen and oxygen atoms in total. The van der Waals surface area contributed by atoms with Gasteiger partial charge in [-0.2, -0.15) is 5.43 Å². The first-order valence-electron chi connectivity index (χ1n) is 8.36. The summed E-state index contributed by atoms with van der Waals surface area (Å²) in [6, 6.07) is -0.0225. The van der Waals surface area contributed by atoms with Crippen LogP contribution >= 0.6 is 0 Å². The molecular formula is C15H25N4O3+. The zero-order valence-electron chi connectivity index (χ0n) is 12.8. The number of hydrogen-bond donors (Lipinski definition) is 3. The minimum Gasteiger partial charge on any atom is -0.391 e. The topological polar surface area (TPSA) is 91.3 Å². The van der Waals surface area contributed by atoms with Crippen LogP contribution in [0.1, 0.15) is 57.8 Å². The lowest BCUT2D eigenvalue weighted by Crippen LogP contribution is -2.55. The summed E-state index contributed by atoms with van der Waals surface area (Å²) in [5.41, 5.74) is 3.11. The molecule has 0 aliphatic heterocycles. The van der Waals surface area contributed by atoms with Gasteiger partial charge in [0.15, 0.2) is 0 Å². The summed E-state index contributed by atoms with van der Waals surface area (Å²) in [4.78, 5) is 13.6. The van der Waals surface area contributed by atoms with E-state index in [2.05, 4.69) is 16.0 Å². The van der Waals surface area contributed by atoms with Crippen LogP contribution in [0.3, 0.4) is 0 Å². The Labute approximate surface area is 130 Å². The van der Waals surface area contributed by atoms with E-state index in [1.54, 1.807) is 6.20 Å². The third-order valence-corrected chi connectivity index (χ3v) is 4.72. The van der Waals surface area contributed by atoms with E-state index in [1.807, 2.05) is 0 Å². The molecule has 1 heterocycles. The van der Waals surface area contributed by atoms with Gasteiger partial charge in [-0.25, -0.2) is 0 Å². The Morgan fingerprint density at radius 1 is 1.18 bits per heavy atom. The highest BCUT2D eigenvalue weighted by Gasteiger charge is 2.28. The molecule has 22 heavy (non-hydrogen) atoms. The minimum atomic E-state index is -0.363. The molecule has 7 heteroatoms. The van der Waals surface area contributed by atoms with E-state index in [0.717, 1.165) is 51.4 Å². The molecule has 2 aliphatic carbocycles. The van der Waals surface area contributed by atoms with Gasteiger partial charge in [0.1, 0.15) is 6.04 Å². The van der Waals surface area contributed by atoms with Crippen molar-refractivity contribution in [3.8, 4) is 0 Å². The molecule has 0 radical (unpaired) electrons. The molecular weight excluding hydrogens is 284 g/mol. The van der Waals surface area contributed by atoms with Crippen LogP contribution in [0, 0.1) is 5.92 Å². The van der Waals surface area contributed by atoms with Gasteiger partial charge in [0, 0.05) is 5.92 Å². The van der Waals surface area contributed by atoms with E-state index in [9.17, 15) is 9.90 Å². The minimum absolute atomic E-state index is 0.0145. The number of nitrogens with one attached hydrogen (secondary N) is 2. The summed E-state index contributed by atoms with van der Waals surface area (Å²) < 4.78 is 5.14. The predicted molar refractivity (Wildman–Crippen MR) is 79.5 cm³/mol. The van der Waals surface area contributed by atoms with Crippen molar-refractivity contribution in [3.05, 3.63) is 6.20 Å². The molecule has 1 aromatic heterocycles. The van der Waals surface area contributed by atoms with E-state index >= 15 is 0 Å². The third kappa shape index (κ3) is 3.76. The Hall–Kier alpha value is -1.63. The fraction of sp³-hybridized carbons (Fsp3) is 0.800. The fourth-order valence-corrected chi connectivity index (χ4v) is 3.38. The van der Waals surface area contributed by atoms with Gasteiger partial charge in [-0.15, -0.1) is 0 Å². The maximum Gasteiger partial charge on any atom is 0.305 e. The maximum absolute atomic E-state index is 12.2. The number of nitrogens with zero attached hydrogens (tertiary/aromatic N) is 2. The number of carbonyl (C=O) groups excluding carboxylic acids is 1. The normalized spacial score (nSPS) is 26.6. The average Bonchev–Trinajstić information content (AvgIpc) is 2.97. The molecule has 122 valence electrons. The van der Waals surface area contributed by atoms with Gasteiger partial charge in [-0.05, 0) is 25.7 Å². The summed E-state index contributed by atoms with van der Waals surface area (Å²) in [6.45, 7) is 0. The molecule has 0 spiro atoms. The lowest BCUT2D eigenvalue weighted by Gasteiger charge is -2.24. The second-order valence-corrected chi connectivity index (χ2v) is 6.42. The van der Waals surface area contributed by atoms with Crippen LogP contribution in [0.4, 0.5) is 5.88 Å². The average molecular weight is 309 g/mol. The maximum atomic E-state index is 12.2. The number of aromatic nitrogens is 2. The van der Waals surface area contributed by atoms with Crippen molar-refractivity contribution in [2.24, 2.45) is 5.92 Å². The molecule has 2 unspecified atom stereocenters. The zero-order valence-corrected chi connectivity index (χ0v) is 12.8. The van der Waals surface area contributed by atoms with Crippen LogP contribution in [-0.2, 0) is 4.79 Å². The Kier molecular flexibility index (Phi) is 4.92. The molecule has 1 aromatic rings. The summed E-state index contributed by atoms with van der Waals surface area (Å²) in [5.74, 6) is 0.439. The summed E-state index contributed by atoms with van der Waals surface area (Å²) in [7, 11) is 0. The van der Waals surface area contributed by atoms with Crippen LogP contribution in [-0.4, -0.2) is 28.4 Å². The highest BCUT2D eigenvalue weighted by molar-refractivity contribution is 5.91. The van der Waals surface area contributed by atoms with Gasteiger partial charge in [0.25, 0.3) is 6.20 Å². The van der Waals surface area contributed by atoms with Crippen molar-refractivity contribution in [1.29, 1.82) is 0 Å². The van der Waals surface area contributed by atoms with E-state index in [0.29, 0.717) is 5.88 Å². The van der Waals surface area contributed by atoms with Gasteiger partial charge in [0.2, 0.25) is 11.2 Å².